The lowest BCUT2D eigenvalue weighted by Gasteiger charge is -2.16. The van der Waals surface area contributed by atoms with Gasteiger partial charge in [0.1, 0.15) is 11.0 Å². The number of hydrogen-bond acceptors (Lipinski definition) is 3. The fourth-order valence-electron chi connectivity index (χ4n) is 2.60. The quantitative estimate of drug-likeness (QED) is 0.791. The second kappa shape index (κ2) is 4.37. The Morgan fingerprint density at radius 2 is 1.94 bits per heavy atom. The van der Waals surface area contributed by atoms with Crippen molar-refractivity contribution in [3.05, 3.63) is 17.3 Å². The van der Waals surface area contributed by atoms with Crippen LogP contribution in [0.1, 0.15) is 25.7 Å². The molecule has 1 aromatic heterocycles. The molecule has 2 aliphatic rings. The fraction of sp³-hybridized carbons (Fsp3) is 0.615. The van der Waals surface area contributed by atoms with Gasteiger partial charge in [0.05, 0.1) is 0 Å². The van der Waals surface area contributed by atoms with Gasteiger partial charge >= 0.3 is 0 Å². The lowest BCUT2D eigenvalue weighted by molar-refractivity contribution is 0.428. The Hall–Kier alpha value is -0.960. The van der Waals surface area contributed by atoms with Crippen molar-refractivity contribution in [2.45, 2.75) is 25.7 Å². The molecular formula is C13H18ClN3. The Bertz CT molecular complexity index is 381. The van der Waals surface area contributed by atoms with E-state index in [2.05, 4.69) is 10.3 Å². The number of nitrogens with zero attached hydrogens (tertiary/aromatic N) is 1. The summed E-state index contributed by atoms with van der Waals surface area (Å²) in [7, 11) is 0. The Balaban J connectivity index is 1.61. The van der Waals surface area contributed by atoms with E-state index in [1.165, 1.54) is 25.7 Å². The maximum absolute atomic E-state index is 5.88. The van der Waals surface area contributed by atoms with Gasteiger partial charge in [-0.25, -0.2) is 4.98 Å². The van der Waals surface area contributed by atoms with Crippen LogP contribution in [0.25, 0.3) is 0 Å². The molecule has 0 spiro atoms. The van der Waals surface area contributed by atoms with Gasteiger partial charge in [0, 0.05) is 18.3 Å². The number of halogens is 1. The first-order valence-corrected chi connectivity index (χ1v) is 6.77. The molecule has 17 heavy (non-hydrogen) atoms. The molecular weight excluding hydrogens is 234 g/mol. The number of anilines is 2. The van der Waals surface area contributed by atoms with Crippen molar-refractivity contribution in [3.8, 4) is 0 Å². The second-order valence-corrected chi connectivity index (χ2v) is 5.72. The SMILES string of the molecule is Nc1cc(Cl)nc(NCC(C2CC2)C2CC2)c1. The highest BCUT2D eigenvalue weighted by Crippen LogP contribution is 2.49. The van der Waals surface area contributed by atoms with Crippen molar-refractivity contribution >= 4 is 23.1 Å². The maximum Gasteiger partial charge on any atom is 0.133 e. The molecule has 2 saturated carbocycles. The standard InChI is InChI=1S/C13H18ClN3/c14-12-5-10(15)6-13(17-12)16-7-11(8-1-2-8)9-3-4-9/h5-6,8-9,11H,1-4,7H2,(H3,15,16,17). The van der Waals surface area contributed by atoms with E-state index in [-0.39, 0.29) is 0 Å². The second-order valence-electron chi connectivity index (χ2n) is 5.33. The molecule has 0 saturated heterocycles. The van der Waals surface area contributed by atoms with Crippen molar-refractivity contribution in [1.82, 2.24) is 4.98 Å². The molecule has 0 aliphatic heterocycles. The van der Waals surface area contributed by atoms with E-state index in [0.29, 0.717) is 10.8 Å². The predicted molar refractivity (Wildman–Crippen MR) is 71.1 cm³/mol. The number of aromatic nitrogens is 1. The molecule has 3 N–H and O–H groups in total. The van der Waals surface area contributed by atoms with E-state index < -0.39 is 0 Å². The normalized spacial score (nSPS) is 19.6. The molecule has 92 valence electrons. The summed E-state index contributed by atoms with van der Waals surface area (Å²) in [6.45, 7) is 1.02. The van der Waals surface area contributed by atoms with Crippen LogP contribution in [0.3, 0.4) is 0 Å². The summed E-state index contributed by atoms with van der Waals surface area (Å²) in [5.74, 6) is 3.54. The zero-order valence-corrected chi connectivity index (χ0v) is 10.6. The van der Waals surface area contributed by atoms with Crippen LogP contribution in [-0.4, -0.2) is 11.5 Å². The number of hydrogen-bond donors (Lipinski definition) is 2. The molecule has 3 nitrogen and oxygen atoms in total. The third kappa shape index (κ3) is 2.83. The molecule has 0 radical (unpaired) electrons. The predicted octanol–water partition coefficient (Wildman–Crippen LogP) is 3.17. The Morgan fingerprint density at radius 1 is 1.29 bits per heavy atom. The van der Waals surface area contributed by atoms with Crippen LogP contribution in [0.5, 0.6) is 0 Å². The molecule has 1 heterocycles. The van der Waals surface area contributed by atoms with Gasteiger partial charge in [-0.15, -0.1) is 0 Å². The molecule has 0 atom stereocenters. The summed E-state index contributed by atoms with van der Waals surface area (Å²) < 4.78 is 0. The van der Waals surface area contributed by atoms with Gasteiger partial charge in [-0.3, -0.25) is 0 Å². The third-order valence-corrected chi connectivity index (χ3v) is 3.98. The molecule has 0 amide bonds. The summed E-state index contributed by atoms with van der Waals surface area (Å²) in [5, 5.41) is 3.85. The van der Waals surface area contributed by atoms with Crippen LogP contribution >= 0.6 is 11.6 Å². The van der Waals surface area contributed by atoms with E-state index >= 15 is 0 Å². The monoisotopic (exact) mass is 251 g/mol. The molecule has 4 heteroatoms. The average molecular weight is 252 g/mol. The number of nitrogens with two attached hydrogens (primary N) is 1. The van der Waals surface area contributed by atoms with Crippen LogP contribution in [0.2, 0.25) is 5.15 Å². The van der Waals surface area contributed by atoms with Gasteiger partial charge < -0.3 is 11.1 Å². The number of nitrogen functional groups attached to an aromatic ring is 1. The van der Waals surface area contributed by atoms with Gasteiger partial charge in [0.2, 0.25) is 0 Å². The van der Waals surface area contributed by atoms with Crippen molar-refractivity contribution < 1.29 is 0 Å². The smallest absolute Gasteiger partial charge is 0.133 e. The van der Waals surface area contributed by atoms with Crippen LogP contribution in [0.4, 0.5) is 11.5 Å². The van der Waals surface area contributed by atoms with E-state index in [0.717, 1.165) is 30.1 Å². The lowest BCUT2D eigenvalue weighted by Crippen LogP contribution is -2.18. The Labute approximate surface area is 107 Å². The largest absolute Gasteiger partial charge is 0.399 e. The molecule has 2 fully saturated rings. The lowest BCUT2D eigenvalue weighted by atomic mass is 9.98. The van der Waals surface area contributed by atoms with E-state index in [4.69, 9.17) is 17.3 Å². The average Bonchev–Trinajstić information content (AvgIpc) is 3.12. The zero-order valence-electron chi connectivity index (χ0n) is 9.82. The van der Waals surface area contributed by atoms with Crippen molar-refractivity contribution in [2.24, 2.45) is 17.8 Å². The Morgan fingerprint density at radius 3 is 2.47 bits per heavy atom. The molecule has 0 aromatic carbocycles. The Kier molecular flexibility index (Phi) is 2.87. The fourth-order valence-corrected chi connectivity index (χ4v) is 2.81. The first-order valence-electron chi connectivity index (χ1n) is 6.39. The highest BCUT2D eigenvalue weighted by atomic mass is 35.5. The van der Waals surface area contributed by atoms with Crippen LogP contribution in [0.15, 0.2) is 12.1 Å². The van der Waals surface area contributed by atoms with Gasteiger partial charge in [-0.2, -0.15) is 0 Å². The van der Waals surface area contributed by atoms with Gasteiger partial charge in [0.15, 0.2) is 0 Å². The molecule has 0 bridgehead atoms. The highest BCUT2D eigenvalue weighted by Gasteiger charge is 2.40. The van der Waals surface area contributed by atoms with Gasteiger partial charge in [-0.05, 0) is 49.5 Å². The maximum atomic E-state index is 5.88. The number of nitrogens with one attached hydrogen (secondary N) is 1. The van der Waals surface area contributed by atoms with E-state index in [1.54, 1.807) is 6.07 Å². The summed E-state index contributed by atoms with van der Waals surface area (Å²) in [6.07, 6.45) is 5.64. The minimum atomic E-state index is 0.460. The van der Waals surface area contributed by atoms with Gasteiger partial charge in [0.25, 0.3) is 0 Å². The number of rotatable bonds is 5. The number of pyridine rings is 1. The van der Waals surface area contributed by atoms with Crippen molar-refractivity contribution in [2.75, 3.05) is 17.6 Å². The van der Waals surface area contributed by atoms with Crippen LogP contribution < -0.4 is 11.1 Å². The molecule has 2 aliphatic carbocycles. The van der Waals surface area contributed by atoms with Crippen molar-refractivity contribution in [1.29, 1.82) is 0 Å². The first-order chi connectivity index (χ1) is 8.22. The van der Waals surface area contributed by atoms with Crippen LogP contribution in [0, 0.1) is 17.8 Å². The van der Waals surface area contributed by atoms with E-state index in [9.17, 15) is 0 Å². The molecule has 3 rings (SSSR count). The van der Waals surface area contributed by atoms with E-state index in [1.807, 2.05) is 6.07 Å². The third-order valence-electron chi connectivity index (χ3n) is 3.79. The van der Waals surface area contributed by atoms with Crippen LogP contribution in [-0.2, 0) is 0 Å². The molecule has 0 unspecified atom stereocenters. The molecule has 1 aromatic rings. The first kappa shape index (κ1) is 11.1. The summed E-state index contributed by atoms with van der Waals surface area (Å²) >= 11 is 5.88. The highest BCUT2D eigenvalue weighted by molar-refractivity contribution is 6.29. The topological polar surface area (TPSA) is 50.9 Å². The zero-order chi connectivity index (χ0) is 11.8. The summed E-state index contributed by atoms with van der Waals surface area (Å²) in [4.78, 5) is 4.24. The summed E-state index contributed by atoms with van der Waals surface area (Å²) in [5.41, 5.74) is 6.41. The minimum absolute atomic E-state index is 0.460. The minimum Gasteiger partial charge on any atom is -0.399 e. The van der Waals surface area contributed by atoms with Crippen molar-refractivity contribution in [3.63, 3.8) is 0 Å². The summed E-state index contributed by atoms with van der Waals surface area (Å²) in [6, 6.07) is 3.52. The van der Waals surface area contributed by atoms with Gasteiger partial charge in [-0.1, -0.05) is 11.6 Å².